The average Bonchev–Trinajstić information content (AvgIpc) is 3.08. The first-order valence-corrected chi connectivity index (χ1v) is 6.27. The lowest BCUT2D eigenvalue weighted by Gasteiger charge is -1.98. The first kappa shape index (κ1) is 11.3. The van der Waals surface area contributed by atoms with E-state index in [2.05, 4.69) is 20.4 Å². The summed E-state index contributed by atoms with van der Waals surface area (Å²) in [5, 5.41) is 7.33. The smallest absolute Gasteiger partial charge is 0.240 e. The van der Waals surface area contributed by atoms with Gasteiger partial charge in [-0.3, -0.25) is 4.98 Å². The Bertz CT molecular complexity index is 533. The van der Waals surface area contributed by atoms with Gasteiger partial charge in [-0.25, -0.2) is 0 Å². The molecular weight excluding hydrogens is 228 g/mol. The molecule has 1 aliphatic carbocycles. The number of nitrogens with zero attached hydrogens (tertiary/aromatic N) is 3. The standard InChI is InChI=1S/C13H16N4O/c1-9-4-5-14-7-11(9)13-16-12(18-17-13)8-15-6-10-2-3-10/h4-5,7,10,15H,2-3,6,8H2,1H3. The monoisotopic (exact) mass is 244 g/mol. The lowest BCUT2D eigenvalue weighted by atomic mass is 10.1. The molecule has 0 atom stereocenters. The topological polar surface area (TPSA) is 63.8 Å². The predicted molar refractivity (Wildman–Crippen MR) is 66.7 cm³/mol. The molecule has 5 nitrogen and oxygen atoms in total. The van der Waals surface area contributed by atoms with Crippen molar-refractivity contribution in [1.29, 1.82) is 0 Å². The summed E-state index contributed by atoms with van der Waals surface area (Å²) >= 11 is 0. The number of pyridine rings is 1. The SMILES string of the molecule is Cc1ccncc1-c1noc(CNCC2CC2)n1. The molecular formula is C13H16N4O. The number of rotatable bonds is 5. The van der Waals surface area contributed by atoms with Gasteiger partial charge in [0.1, 0.15) is 0 Å². The molecule has 2 aromatic heterocycles. The van der Waals surface area contributed by atoms with Crippen LogP contribution in [0.25, 0.3) is 11.4 Å². The molecule has 0 amide bonds. The van der Waals surface area contributed by atoms with E-state index in [-0.39, 0.29) is 0 Å². The highest BCUT2D eigenvalue weighted by Gasteiger charge is 2.20. The fourth-order valence-electron chi connectivity index (χ4n) is 1.84. The van der Waals surface area contributed by atoms with Crippen molar-refractivity contribution >= 4 is 0 Å². The summed E-state index contributed by atoms with van der Waals surface area (Å²) in [6, 6.07) is 1.94. The lowest BCUT2D eigenvalue weighted by molar-refractivity contribution is 0.367. The molecule has 1 saturated carbocycles. The van der Waals surface area contributed by atoms with E-state index in [0.717, 1.165) is 23.6 Å². The Morgan fingerprint density at radius 1 is 1.44 bits per heavy atom. The molecule has 1 aliphatic rings. The van der Waals surface area contributed by atoms with E-state index in [9.17, 15) is 0 Å². The normalized spacial score (nSPS) is 14.9. The minimum Gasteiger partial charge on any atom is -0.338 e. The summed E-state index contributed by atoms with van der Waals surface area (Å²) in [4.78, 5) is 8.47. The summed E-state index contributed by atoms with van der Waals surface area (Å²) in [7, 11) is 0. The number of aryl methyl sites for hydroxylation is 1. The third-order valence-corrected chi connectivity index (χ3v) is 3.15. The number of nitrogens with one attached hydrogen (secondary N) is 1. The van der Waals surface area contributed by atoms with Crippen molar-refractivity contribution < 1.29 is 4.52 Å². The second kappa shape index (κ2) is 4.86. The van der Waals surface area contributed by atoms with Crippen LogP contribution in [0.3, 0.4) is 0 Å². The zero-order valence-corrected chi connectivity index (χ0v) is 10.4. The molecule has 0 spiro atoms. The van der Waals surface area contributed by atoms with Gasteiger partial charge < -0.3 is 9.84 Å². The summed E-state index contributed by atoms with van der Waals surface area (Å²) in [5.41, 5.74) is 2.03. The Balaban J connectivity index is 1.66. The molecule has 0 aliphatic heterocycles. The largest absolute Gasteiger partial charge is 0.338 e. The minimum atomic E-state index is 0.615. The van der Waals surface area contributed by atoms with Crippen LogP contribution in [0.15, 0.2) is 23.0 Å². The Labute approximate surface area is 106 Å². The predicted octanol–water partition coefficient (Wildman–Crippen LogP) is 1.94. The van der Waals surface area contributed by atoms with E-state index in [0.29, 0.717) is 18.3 Å². The second-order valence-corrected chi connectivity index (χ2v) is 4.78. The van der Waals surface area contributed by atoms with Crippen LogP contribution < -0.4 is 5.32 Å². The maximum absolute atomic E-state index is 5.22. The third-order valence-electron chi connectivity index (χ3n) is 3.15. The highest BCUT2D eigenvalue weighted by Crippen LogP contribution is 2.27. The number of hydrogen-bond donors (Lipinski definition) is 1. The van der Waals surface area contributed by atoms with Crippen LogP contribution in [0.2, 0.25) is 0 Å². The van der Waals surface area contributed by atoms with Crippen molar-refractivity contribution in [2.45, 2.75) is 26.3 Å². The van der Waals surface area contributed by atoms with Gasteiger partial charge in [-0.15, -0.1) is 0 Å². The summed E-state index contributed by atoms with van der Waals surface area (Å²) < 4.78 is 5.22. The van der Waals surface area contributed by atoms with E-state index >= 15 is 0 Å². The van der Waals surface area contributed by atoms with E-state index < -0.39 is 0 Å². The Hall–Kier alpha value is -1.75. The molecule has 5 heteroatoms. The van der Waals surface area contributed by atoms with Crippen molar-refractivity contribution in [3.63, 3.8) is 0 Å². The summed E-state index contributed by atoms with van der Waals surface area (Å²) in [6.45, 7) is 3.70. The Morgan fingerprint density at radius 3 is 3.11 bits per heavy atom. The highest BCUT2D eigenvalue weighted by molar-refractivity contribution is 5.57. The Morgan fingerprint density at radius 2 is 2.33 bits per heavy atom. The molecule has 3 rings (SSSR count). The highest BCUT2D eigenvalue weighted by atomic mass is 16.5. The maximum atomic E-state index is 5.22. The van der Waals surface area contributed by atoms with Gasteiger partial charge in [0.2, 0.25) is 11.7 Å². The van der Waals surface area contributed by atoms with Crippen molar-refractivity contribution in [3.05, 3.63) is 29.9 Å². The van der Waals surface area contributed by atoms with Crippen LogP contribution in [0, 0.1) is 12.8 Å². The van der Waals surface area contributed by atoms with E-state index in [1.807, 2.05) is 13.0 Å². The maximum Gasteiger partial charge on any atom is 0.240 e. The minimum absolute atomic E-state index is 0.615. The lowest BCUT2D eigenvalue weighted by Crippen LogP contribution is -2.16. The summed E-state index contributed by atoms with van der Waals surface area (Å²) in [5.74, 6) is 2.10. The van der Waals surface area contributed by atoms with Crippen LogP contribution in [-0.4, -0.2) is 21.7 Å². The quantitative estimate of drug-likeness (QED) is 0.870. The van der Waals surface area contributed by atoms with Crippen LogP contribution in [-0.2, 0) is 6.54 Å². The molecule has 2 aromatic rings. The fraction of sp³-hybridized carbons (Fsp3) is 0.462. The van der Waals surface area contributed by atoms with Crippen LogP contribution in [0.4, 0.5) is 0 Å². The average molecular weight is 244 g/mol. The Kier molecular flexibility index (Phi) is 3.06. The van der Waals surface area contributed by atoms with Gasteiger partial charge in [0.15, 0.2) is 0 Å². The van der Waals surface area contributed by atoms with Gasteiger partial charge in [0.05, 0.1) is 6.54 Å². The molecule has 1 N–H and O–H groups in total. The van der Waals surface area contributed by atoms with E-state index in [1.165, 1.54) is 12.8 Å². The second-order valence-electron chi connectivity index (χ2n) is 4.78. The first-order valence-electron chi connectivity index (χ1n) is 6.27. The van der Waals surface area contributed by atoms with Crippen molar-refractivity contribution in [2.75, 3.05) is 6.54 Å². The van der Waals surface area contributed by atoms with Crippen LogP contribution >= 0.6 is 0 Å². The molecule has 0 saturated heterocycles. The molecule has 94 valence electrons. The molecule has 18 heavy (non-hydrogen) atoms. The fourth-order valence-corrected chi connectivity index (χ4v) is 1.84. The van der Waals surface area contributed by atoms with E-state index in [4.69, 9.17) is 4.52 Å². The molecule has 0 aromatic carbocycles. The molecule has 0 bridgehead atoms. The van der Waals surface area contributed by atoms with Gasteiger partial charge in [0.25, 0.3) is 0 Å². The molecule has 0 unspecified atom stereocenters. The van der Waals surface area contributed by atoms with Crippen molar-refractivity contribution in [1.82, 2.24) is 20.4 Å². The van der Waals surface area contributed by atoms with Gasteiger partial charge in [-0.1, -0.05) is 5.16 Å². The van der Waals surface area contributed by atoms with Gasteiger partial charge in [0, 0.05) is 18.0 Å². The van der Waals surface area contributed by atoms with Crippen LogP contribution in [0.5, 0.6) is 0 Å². The number of hydrogen-bond acceptors (Lipinski definition) is 5. The summed E-state index contributed by atoms with van der Waals surface area (Å²) in [6.07, 6.45) is 6.21. The zero-order chi connectivity index (χ0) is 12.4. The van der Waals surface area contributed by atoms with Gasteiger partial charge in [-0.05, 0) is 43.9 Å². The third kappa shape index (κ3) is 2.56. The first-order chi connectivity index (χ1) is 8.83. The zero-order valence-electron chi connectivity index (χ0n) is 10.4. The molecule has 1 fully saturated rings. The van der Waals surface area contributed by atoms with E-state index in [1.54, 1.807) is 12.4 Å². The van der Waals surface area contributed by atoms with Crippen molar-refractivity contribution in [2.24, 2.45) is 5.92 Å². The van der Waals surface area contributed by atoms with Crippen molar-refractivity contribution in [3.8, 4) is 11.4 Å². The van der Waals surface area contributed by atoms with Gasteiger partial charge in [-0.2, -0.15) is 4.98 Å². The molecule has 0 radical (unpaired) electrons. The number of aromatic nitrogens is 3. The van der Waals surface area contributed by atoms with Crippen LogP contribution in [0.1, 0.15) is 24.3 Å². The van der Waals surface area contributed by atoms with Gasteiger partial charge >= 0.3 is 0 Å². The molecule has 2 heterocycles.